The highest BCUT2D eigenvalue weighted by atomic mass is 35.5. The van der Waals surface area contributed by atoms with Gasteiger partial charge in [0.25, 0.3) is 5.91 Å². The van der Waals surface area contributed by atoms with E-state index in [1.807, 2.05) is 57.4 Å². The fraction of sp³-hybridized carbons (Fsp3) is 0.367. The first kappa shape index (κ1) is 35.5. The predicted molar refractivity (Wildman–Crippen MR) is 168 cm³/mol. The van der Waals surface area contributed by atoms with Crippen LogP contribution in [0.25, 0.3) is 0 Å². The second-order valence-corrected chi connectivity index (χ2v) is 9.81. The molecule has 9 nitrogen and oxygen atoms in total. The summed E-state index contributed by atoms with van der Waals surface area (Å²) in [6.45, 7) is 4.00. The summed E-state index contributed by atoms with van der Waals surface area (Å²) in [6.07, 6.45) is 8.00. The number of allylic oxidation sites excluding steroid dienone is 1. The number of anilines is 1. The molecular formula is C30H41Cl2N5O4. The van der Waals surface area contributed by atoms with Crippen molar-refractivity contribution in [1.29, 1.82) is 0 Å². The van der Waals surface area contributed by atoms with E-state index in [-0.39, 0.29) is 11.9 Å². The topological polar surface area (TPSA) is 112 Å². The van der Waals surface area contributed by atoms with Crippen molar-refractivity contribution in [3.63, 3.8) is 0 Å². The second kappa shape index (κ2) is 20.4. The van der Waals surface area contributed by atoms with E-state index in [1.54, 1.807) is 37.4 Å². The number of carbonyl (C=O) groups excluding carboxylic acids is 3. The number of nitrogens with zero attached hydrogens (tertiary/aromatic N) is 1. The number of benzene rings is 2. The molecule has 2 aromatic carbocycles. The number of hydrogen-bond acceptors (Lipinski definition) is 7. The van der Waals surface area contributed by atoms with Crippen LogP contribution in [0.2, 0.25) is 10.0 Å². The van der Waals surface area contributed by atoms with Gasteiger partial charge in [0, 0.05) is 33.4 Å². The van der Waals surface area contributed by atoms with E-state index in [4.69, 9.17) is 27.9 Å². The summed E-state index contributed by atoms with van der Waals surface area (Å²) in [5.41, 5.74) is 2.61. The van der Waals surface area contributed by atoms with E-state index in [0.717, 1.165) is 43.6 Å². The van der Waals surface area contributed by atoms with Crippen molar-refractivity contribution in [2.45, 2.75) is 32.2 Å². The zero-order valence-corrected chi connectivity index (χ0v) is 25.8. The number of rotatable bonds is 10. The van der Waals surface area contributed by atoms with Crippen LogP contribution in [0.15, 0.2) is 66.0 Å². The molecule has 4 N–H and O–H groups in total. The van der Waals surface area contributed by atoms with Gasteiger partial charge < -0.3 is 30.9 Å². The Balaban J connectivity index is 0.000000337. The number of nitrogens with one attached hydrogen (secondary N) is 4. The normalized spacial score (nSPS) is 13.3. The minimum atomic E-state index is 0.0150. The van der Waals surface area contributed by atoms with Gasteiger partial charge >= 0.3 is 0 Å². The molecule has 224 valence electrons. The predicted octanol–water partition coefficient (Wildman–Crippen LogP) is 4.88. The van der Waals surface area contributed by atoms with Crippen LogP contribution in [-0.2, 0) is 9.59 Å². The lowest BCUT2D eigenvalue weighted by Gasteiger charge is -2.25. The smallest absolute Gasteiger partial charge is 0.253 e. The SMILES string of the molecule is CC/C=C(C(=O)NC1CCNCC1)/C(=C\N(C)C)NC.COc1ccccc1NC=O.O=Cc1c(Cl)cccc1Cl. The molecule has 0 saturated carbocycles. The van der Waals surface area contributed by atoms with Crippen LogP contribution in [0.1, 0.15) is 36.5 Å². The highest BCUT2D eigenvalue weighted by molar-refractivity contribution is 6.38. The fourth-order valence-electron chi connectivity index (χ4n) is 3.74. The van der Waals surface area contributed by atoms with Gasteiger partial charge in [-0.15, -0.1) is 0 Å². The quantitative estimate of drug-likeness (QED) is 0.173. The van der Waals surface area contributed by atoms with Crippen molar-refractivity contribution < 1.29 is 19.1 Å². The molecule has 1 heterocycles. The molecule has 1 aliphatic rings. The molecule has 0 bridgehead atoms. The molecule has 11 heteroatoms. The van der Waals surface area contributed by atoms with Crippen LogP contribution in [0.5, 0.6) is 5.75 Å². The number of para-hydroxylation sites is 2. The first-order valence-electron chi connectivity index (χ1n) is 13.2. The molecule has 0 spiro atoms. The van der Waals surface area contributed by atoms with Crippen LogP contribution in [0, 0.1) is 0 Å². The maximum Gasteiger partial charge on any atom is 0.253 e. The largest absolute Gasteiger partial charge is 0.495 e. The Bertz CT molecular complexity index is 1150. The zero-order valence-electron chi connectivity index (χ0n) is 24.3. The molecule has 3 rings (SSSR count). The van der Waals surface area contributed by atoms with E-state index in [9.17, 15) is 14.4 Å². The summed E-state index contributed by atoms with van der Waals surface area (Å²) in [5, 5.41) is 12.9. The summed E-state index contributed by atoms with van der Waals surface area (Å²) in [5.74, 6) is 0.681. The number of carbonyl (C=O) groups is 3. The first-order chi connectivity index (χ1) is 19.7. The molecule has 0 aliphatic carbocycles. The first-order valence-corrected chi connectivity index (χ1v) is 14.0. The van der Waals surface area contributed by atoms with Crippen molar-refractivity contribution in [2.75, 3.05) is 46.7 Å². The number of methoxy groups -OCH3 is 1. The van der Waals surface area contributed by atoms with Gasteiger partial charge in [-0.05, 0) is 56.6 Å². The van der Waals surface area contributed by atoms with E-state index in [0.29, 0.717) is 39.7 Å². The molecule has 41 heavy (non-hydrogen) atoms. The Morgan fingerprint density at radius 2 is 1.71 bits per heavy atom. The Hall–Kier alpha value is -3.53. The van der Waals surface area contributed by atoms with Gasteiger partial charge in [-0.3, -0.25) is 14.4 Å². The Kier molecular flexibility index (Phi) is 17.6. The third-order valence-electron chi connectivity index (χ3n) is 5.71. The number of piperidine rings is 1. The molecule has 0 aromatic heterocycles. The lowest BCUT2D eigenvalue weighted by Crippen LogP contribution is -2.43. The van der Waals surface area contributed by atoms with Crippen LogP contribution < -0.4 is 26.0 Å². The summed E-state index contributed by atoms with van der Waals surface area (Å²) in [4.78, 5) is 34.8. The third-order valence-corrected chi connectivity index (χ3v) is 6.37. The minimum absolute atomic E-state index is 0.0150. The second-order valence-electron chi connectivity index (χ2n) is 9.00. The molecule has 2 aromatic rings. The monoisotopic (exact) mass is 605 g/mol. The van der Waals surface area contributed by atoms with Gasteiger partial charge in [-0.25, -0.2) is 0 Å². The molecule has 1 fully saturated rings. The van der Waals surface area contributed by atoms with Crippen molar-refractivity contribution in [2.24, 2.45) is 0 Å². The Labute approximate surface area is 253 Å². The van der Waals surface area contributed by atoms with Crippen LogP contribution in [-0.4, -0.2) is 70.9 Å². The molecule has 2 amide bonds. The number of hydrogen-bond donors (Lipinski definition) is 4. The zero-order chi connectivity index (χ0) is 30.6. The Morgan fingerprint density at radius 1 is 1.07 bits per heavy atom. The van der Waals surface area contributed by atoms with Gasteiger partial charge in [-0.1, -0.05) is 54.4 Å². The highest BCUT2D eigenvalue weighted by Crippen LogP contribution is 2.22. The minimum Gasteiger partial charge on any atom is -0.495 e. The van der Waals surface area contributed by atoms with Crippen molar-refractivity contribution >= 4 is 47.5 Å². The third kappa shape index (κ3) is 13.1. The number of ether oxygens (including phenoxy) is 1. The van der Waals surface area contributed by atoms with Gasteiger partial charge in [0.15, 0.2) is 6.29 Å². The van der Waals surface area contributed by atoms with E-state index in [2.05, 4.69) is 21.3 Å². The fourth-order valence-corrected chi connectivity index (χ4v) is 4.22. The van der Waals surface area contributed by atoms with Gasteiger partial charge in [-0.2, -0.15) is 0 Å². The van der Waals surface area contributed by atoms with E-state index >= 15 is 0 Å². The Morgan fingerprint density at radius 3 is 2.20 bits per heavy atom. The molecule has 1 saturated heterocycles. The number of halogens is 2. The molecule has 0 atom stereocenters. The van der Waals surface area contributed by atoms with Crippen molar-refractivity contribution in [3.05, 3.63) is 81.6 Å². The maximum absolute atomic E-state index is 12.5. The highest BCUT2D eigenvalue weighted by Gasteiger charge is 2.19. The summed E-state index contributed by atoms with van der Waals surface area (Å²) in [6, 6.07) is 12.4. The lowest BCUT2D eigenvalue weighted by atomic mass is 10.0. The van der Waals surface area contributed by atoms with Gasteiger partial charge in [0.05, 0.1) is 39.7 Å². The molecule has 0 unspecified atom stereocenters. The summed E-state index contributed by atoms with van der Waals surface area (Å²) in [7, 11) is 7.30. The molecule has 0 radical (unpaired) electrons. The average molecular weight is 607 g/mol. The standard InChI is InChI=1S/C15H28N4O.C8H9NO2.C7H4Cl2O/c1-5-6-13(14(16-2)11-19(3)4)15(20)18-12-7-9-17-10-8-12;1-11-8-5-3-2-4-7(8)9-6-10;8-6-2-1-3-7(9)5(6)4-10/h6,11-12,16-17H,5,7-10H2,1-4H3,(H,18,20);2-6H,1H3,(H,9,10);1-4H/b13-6-,14-11+;;. The van der Waals surface area contributed by atoms with Crippen molar-refractivity contribution in [3.8, 4) is 5.75 Å². The molecular weight excluding hydrogens is 565 g/mol. The van der Waals surface area contributed by atoms with Gasteiger partial charge in [0.1, 0.15) is 5.75 Å². The molecule has 1 aliphatic heterocycles. The maximum atomic E-state index is 12.5. The van der Waals surface area contributed by atoms with E-state index in [1.165, 1.54) is 0 Å². The number of aldehydes is 1. The van der Waals surface area contributed by atoms with Crippen LogP contribution >= 0.6 is 23.2 Å². The lowest BCUT2D eigenvalue weighted by molar-refractivity contribution is -0.118. The van der Waals surface area contributed by atoms with Crippen LogP contribution in [0.4, 0.5) is 5.69 Å². The summed E-state index contributed by atoms with van der Waals surface area (Å²) >= 11 is 11.2. The number of amides is 2. The van der Waals surface area contributed by atoms with Crippen LogP contribution in [0.3, 0.4) is 0 Å². The van der Waals surface area contributed by atoms with E-state index < -0.39 is 0 Å². The van der Waals surface area contributed by atoms with Gasteiger partial charge in [0.2, 0.25) is 6.41 Å². The summed E-state index contributed by atoms with van der Waals surface area (Å²) < 4.78 is 4.98. The van der Waals surface area contributed by atoms with Crippen molar-refractivity contribution in [1.82, 2.24) is 20.9 Å². The average Bonchev–Trinajstić information content (AvgIpc) is 2.96. The number of likely N-dealkylation sites (N-methyl/N-ethyl adjacent to an activating group) is 1.